The molecule has 0 fully saturated rings. The second-order valence-electron chi connectivity index (χ2n) is 2.89. The number of aliphatic hydroxyl groups is 1. The van der Waals surface area contributed by atoms with Crippen LogP contribution in [0.3, 0.4) is 0 Å². The number of aliphatic hydroxyl groups excluding tert-OH is 1. The molecule has 0 aromatic heterocycles. The molecule has 1 N–H and O–H groups in total. The largest absolute Gasteiger partial charge is 0.490 e. The molecule has 12 heavy (non-hydrogen) atoms. The summed E-state index contributed by atoms with van der Waals surface area (Å²) < 4.78 is 18.2. The number of hydrogen-bond acceptors (Lipinski definition) is 2. The molecule has 64 valence electrons. The molecule has 0 saturated heterocycles. The van der Waals surface area contributed by atoms with Gasteiger partial charge in [0.2, 0.25) is 0 Å². The molecule has 3 heteroatoms. The number of ether oxygens (including phenoxy) is 1. The molecule has 0 radical (unpaired) electrons. The monoisotopic (exact) mass is 168 g/mol. The predicted octanol–water partition coefficient (Wildman–Crippen LogP) is 1.12. The Kier molecular flexibility index (Phi) is 1.73. The molecule has 1 aromatic rings. The Morgan fingerprint density at radius 1 is 1.50 bits per heavy atom. The van der Waals surface area contributed by atoms with Crippen molar-refractivity contribution in [2.45, 2.75) is 12.5 Å². The fraction of sp³-hybridized carbons (Fsp3) is 0.333. The molecule has 1 aliphatic heterocycles. The molecule has 2 rings (SSSR count). The Hall–Kier alpha value is -1.09. The lowest BCUT2D eigenvalue weighted by molar-refractivity contribution is 0.0904. The normalized spacial score (nSPS) is 21.3. The van der Waals surface area contributed by atoms with E-state index in [1.807, 2.05) is 0 Å². The van der Waals surface area contributed by atoms with E-state index < -0.39 is 6.10 Å². The molecule has 1 aromatic carbocycles. The van der Waals surface area contributed by atoms with Crippen LogP contribution in [0.2, 0.25) is 0 Å². The molecule has 1 aliphatic rings. The molecule has 0 aliphatic carbocycles. The van der Waals surface area contributed by atoms with Gasteiger partial charge in [0.25, 0.3) is 0 Å². The van der Waals surface area contributed by atoms with Gasteiger partial charge in [0, 0.05) is 12.0 Å². The minimum Gasteiger partial charge on any atom is -0.490 e. The van der Waals surface area contributed by atoms with Crippen LogP contribution < -0.4 is 4.74 Å². The standard InChI is InChI=1S/C9H9FO2/c10-8-2-1-3-9-7(8)4-6(11)5-12-9/h1-3,6,11H,4-5H2. The van der Waals surface area contributed by atoms with Crippen molar-refractivity contribution in [1.29, 1.82) is 0 Å². The highest BCUT2D eigenvalue weighted by atomic mass is 19.1. The van der Waals surface area contributed by atoms with Crippen LogP contribution in [0.25, 0.3) is 0 Å². The Labute approximate surface area is 69.6 Å². The second kappa shape index (κ2) is 2.75. The summed E-state index contributed by atoms with van der Waals surface area (Å²) >= 11 is 0. The molecule has 1 heterocycles. The van der Waals surface area contributed by atoms with E-state index >= 15 is 0 Å². The Morgan fingerprint density at radius 2 is 2.33 bits per heavy atom. The van der Waals surface area contributed by atoms with E-state index in [4.69, 9.17) is 4.74 Å². The molecule has 0 amide bonds. The van der Waals surface area contributed by atoms with Crippen molar-refractivity contribution in [2.24, 2.45) is 0 Å². The van der Waals surface area contributed by atoms with Crippen molar-refractivity contribution >= 4 is 0 Å². The molecule has 0 bridgehead atoms. The topological polar surface area (TPSA) is 29.5 Å². The summed E-state index contributed by atoms with van der Waals surface area (Å²) in [5.74, 6) is 0.256. The maximum atomic E-state index is 13.1. The van der Waals surface area contributed by atoms with Gasteiger partial charge >= 0.3 is 0 Å². The van der Waals surface area contributed by atoms with E-state index in [0.717, 1.165) is 0 Å². The SMILES string of the molecule is OC1COc2cccc(F)c2C1. The van der Waals surface area contributed by atoms with Gasteiger partial charge in [0.05, 0.1) is 6.10 Å². The fourth-order valence-electron chi connectivity index (χ4n) is 1.35. The highest BCUT2D eigenvalue weighted by Gasteiger charge is 2.19. The van der Waals surface area contributed by atoms with E-state index in [-0.39, 0.29) is 12.4 Å². The summed E-state index contributed by atoms with van der Waals surface area (Å²) in [7, 11) is 0. The maximum absolute atomic E-state index is 13.1. The first kappa shape index (κ1) is 7.55. The van der Waals surface area contributed by atoms with Crippen molar-refractivity contribution < 1.29 is 14.2 Å². The zero-order chi connectivity index (χ0) is 8.55. The van der Waals surface area contributed by atoms with Crippen LogP contribution in [0, 0.1) is 5.82 Å². The third-order valence-electron chi connectivity index (χ3n) is 1.95. The highest BCUT2D eigenvalue weighted by molar-refractivity contribution is 5.36. The van der Waals surface area contributed by atoms with Crippen molar-refractivity contribution in [3.8, 4) is 5.75 Å². The van der Waals surface area contributed by atoms with Gasteiger partial charge < -0.3 is 9.84 Å². The molecular weight excluding hydrogens is 159 g/mol. The Morgan fingerprint density at radius 3 is 3.17 bits per heavy atom. The van der Waals surface area contributed by atoms with E-state index in [0.29, 0.717) is 17.7 Å². The van der Waals surface area contributed by atoms with Crippen LogP contribution in [0.5, 0.6) is 5.75 Å². The van der Waals surface area contributed by atoms with Crippen LogP contribution >= 0.6 is 0 Å². The van der Waals surface area contributed by atoms with Crippen LogP contribution in [-0.4, -0.2) is 17.8 Å². The summed E-state index contributed by atoms with van der Waals surface area (Å²) in [5, 5.41) is 9.19. The molecule has 0 saturated carbocycles. The Bertz CT molecular complexity index is 299. The molecule has 1 atom stereocenters. The van der Waals surface area contributed by atoms with Gasteiger partial charge in [0.1, 0.15) is 18.2 Å². The molecule has 2 nitrogen and oxygen atoms in total. The van der Waals surface area contributed by atoms with Gasteiger partial charge in [-0.15, -0.1) is 0 Å². The summed E-state index contributed by atoms with van der Waals surface area (Å²) in [6.45, 7) is 0.260. The maximum Gasteiger partial charge on any atom is 0.130 e. The first-order valence-electron chi connectivity index (χ1n) is 3.85. The lowest BCUT2D eigenvalue weighted by atomic mass is 10.0. The smallest absolute Gasteiger partial charge is 0.130 e. The van der Waals surface area contributed by atoms with Gasteiger partial charge in [-0.25, -0.2) is 4.39 Å². The van der Waals surface area contributed by atoms with Gasteiger partial charge in [-0.2, -0.15) is 0 Å². The van der Waals surface area contributed by atoms with Crippen LogP contribution in [0.4, 0.5) is 4.39 Å². The molecule has 0 spiro atoms. The highest BCUT2D eigenvalue weighted by Crippen LogP contribution is 2.26. The van der Waals surface area contributed by atoms with Crippen molar-refractivity contribution in [2.75, 3.05) is 6.61 Å². The van der Waals surface area contributed by atoms with Gasteiger partial charge in [0.15, 0.2) is 0 Å². The van der Waals surface area contributed by atoms with Crippen molar-refractivity contribution in [3.05, 3.63) is 29.6 Å². The predicted molar refractivity (Wildman–Crippen MR) is 41.6 cm³/mol. The third-order valence-corrected chi connectivity index (χ3v) is 1.95. The first-order valence-corrected chi connectivity index (χ1v) is 3.85. The van der Waals surface area contributed by atoms with E-state index in [1.165, 1.54) is 6.07 Å². The number of halogens is 1. The number of hydrogen-bond donors (Lipinski definition) is 1. The first-order chi connectivity index (χ1) is 5.77. The third kappa shape index (κ3) is 1.16. The van der Waals surface area contributed by atoms with Gasteiger partial charge in [-0.3, -0.25) is 0 Å². The van der Waals surface area contributed by atoms with E-state index in [2.05, 4.69) is 0 Å². The fourth-order valence-corrected chi connectivity index (χ4v) is 1.35. The van der Waals surface area contributed by atoms with E-state index in [1.54, 1.807) is 12.1 Å². The van der Waals surface area contributed by atoms with E-state index in [9.17, 15) is 9.50 Å². The summed E-state index contributed by atoms with van der Waals surface area (Å²) in [6, 6.07) is 4.69. The van der Waals surface area contributed by atoms with Crippen LogP contribution in [0.1, 0.15) is 5.56 Å². The van der Waals surface area contributed by atoms with Crippen LogP contribution in [0.15, 0.2) is 18.2 Å². The summed E-state index contributed by atoms with van der Waals surface area (Å²) in [5.41, 5.74) is 0.483. The second-order valence-corrected chi connectivity index (χ2v) is 2.89. The minimum atomic E-state index is -0.575. The quantitative estimate of drug-likeness (QED) is 0.629. The van der Waals surface area contributed by atoms with Crippen LogP contribution in [-0.2, 0) is 6.42 Å². The van der Waals surface area contributed by atoms with Gasteiger partial charge in [-0.1, -0.05) is 6.07 Å². The lowest BCUT2D eigenvalue weighted by Gasteiger charge is -2.21. The zero-order valence-electron chi connectivity index (χ0n) is 6.46. The minimum absolute atomic E-state index is 0.260. The molecule has 1 unspecified atom stereocenters. The average Bonchev–Trinajstić information content (AvgIpc) is 2.07. The average molecular weight is 168 g/mol. The zero-order valence-corrected chi connectivity index (χ0v) is 6.46. The molecular formula is C9H9FO2. The number of fused-ring (bicyclic) bond motifs is 1. The summed E-state index contributed by atoms with van der Waals surface area (Å²) in [6.07, 6.45) is -0.225. The number of rotatable bonds is 0. The van der Waals surface area contributed by atoms with Crippen molar-refractivity contribution in [1.82, 2.24) is 0 Å². The Balaban J connectivity index is 2.43. The van der Waals surface area contributed by atoms with Gasteiger partial charge in [-0.05, 0) is 12.1 Å². The van der Waals surface area contributed by atoms with Crippen molar-refractivity contribution in [3.63, 3.8) is 0 Å². The number of benzene rings is 1. The lowest BCUT2D eigenvalue weighted by Crippen LogP contribution is -2.26. The summed E-state index contributed by atoms with van der Waals surface area (Å²) in [4.78, 5) is 0.